The summed E-state index contributed by atoms with van der Waals surface area (Å²) in [4.78, 5) is 21.3. The number of carbonyl (C=O) groups excluding carboxylic acids is 1. The number of amides is 1. The van der Waals surface area contributed by atoms with Crippen molar-refractivity contribution in [2.24, 2.45) is 0 Å². The van der Waals surface area contributed by atoms with Crippen LogP contribution in [0.25, 0.3) is 22.2 Å². The van der Waals surface area contributed by atoms with Gasteiger partial charge in [-0.2, -0.15) is 5.10 Å². The van der Waals surface area contributed by atoms with Crippen molar-refractivity contribution < 1.29 is 23.6 Å². The van der Waals surface area contributed by atoms with Gasteiger partial charge in [0.25, 0.3) is 0 Å². The lowest BCUT2D eigenvalue weighted by atomic mass is 9.78. The van der Waals surface area contributed by atoms with Crippen LogP contribution in [0.1, 0.15) is 48.5 Å². The number of fused-ring (bicyclic) bond motifs is 1. The van der Waals surface area contributed by atoms with E-state index in [-0.39, 0.29) is 6.09 Å². The molecule has 1 amide bonds. The van der Waals surface area contributed by atoms with Crippen LogP contribution in [0.2, 0.25) is 25.7 Å². The predicted octanol–water partition coefficient (Wildman–Crippen LogP) is 5.77. The van der Waals surface area contributed by atoms with Gasteiger partial charge in [-0.3, -0.25) is 0 Å². The number of piperazine rings is 1. The number of hydrogen-bond acceptors (Lipinski definition) is 8. The Labute approximate surface area is 269 Å². The molecule has 2 aliphatic rings. The molecule has 0 bridgehead atoms. The molecule has 0 aliphatic carbocycles. The smallest absolute Gasteiger partial charge is 0.444 e. The highest BCUT2D eigenvalue weighted by Crippen LogP contribution is 2.37. The number of nitrogens with zero attached hydrogens (tertiary/aromatic N) is 5. The van der Waals surface area contributed by atoms with Crippen molar-refractivity contribution in [2.75, 3.05) is 37.7 Å². The van der Waals surface area contributed by atoms with Gasteiger partial charge in [0.05, 0.1) is 16.7 Å². The molecular formula is C33H50BN5O5Si. The summed E-state index contributed by atoms with van der Waals surface area (Å²) in [6.07, 6.45) is 1.56. The Bertz CT molecular complexity index is 1510. The SMILES string of the molecule is CC(C)(C)OC(=O)N1CCN(c2cc(-c3nn(COCC[Si](C)(C)C)c4ccc(B5OC(C)(C)C(C)(C)O5)cc34)ccn2)CC1. The maximum Gasteiger partial charge on any atom is 0.494 e. The first-order valence-electron chi connectivity index (χ1n) is 16.1. The van der Waals surface area contributed by atoms with Gasteiger partial charge in [-0.15, -0.1) is 0 Å². The zero-order chi connectivity index (χ0) is 32.8. The molecule has 0 saturated carbocycles. The van der Waals surface area contributed by atoms with Crippen LogP contribution < -0.4 is 10.4 Å². The lowest BCUT2D eigenvalue weighted by molar-refractivity contribution is 0.00578. The standard InChI is InChI=1S/C33H50BN5O5Si/c1-31(2,3)42-30(40)38-17-15-37(16-18-38)28-21-24(13-14-35-28)29-26-22-25(34-43-32(4,5)33(6,7)44-34)11-12-27(26)39(36-29)23-41-19-20-45(8,9)10/h11-14,21-22H,15-20,23H2,1-10H3. The largest absolute Gasteiger partial charge is 0.494 e. The second-order valence-corrected chi connectivity index (χ2v) is 21.0. The fraction of sp³-hybridized carbons (Fsp3) is 0.606. The Morgan fingerprint density at radius 3 is 2.29 bits per heavy atom. The molecule has 5 rings (SSSR count). The molecule has 0 N–H and O–H groups in total. The van der Waals surface area contributed by atoms with E-state index in [0.29, 0.717) is 39.5 Å². The van der Waals surface area contributed by atoms with Crippen LogP contribution in [0.15, 0.2) is 36.5 Å². The third-order valence-electron chi connectivity index (χ3n) is 8.78. The molecule has 12 heteroatoms. The summed E-state index contributed by atoms with van der Waals surface area (Å²) in [6, 6.07) is 11.5. The fourth-order valence-corrected chi connectivity index (χ4v) is 6.10. The number of aromatic nitrogens is 3. The fourth-order valence-electron chi connectivity index (χ4n) is 5.35. The molecule has 0 atom stereocenters. The summed E-state index contributed by atoms with van der Waals surface area (Å²) in [6.45, 7) is 24.6. The number of pyridine rings is 1. The minimum Gasteiger partial charge on any atom is -0.444 e. The summed E-state index contributed by atoms with van der Waals surface area (Å²) in [5.41, 5.74) is 2.38. The molecule has 244 valence electrons. The van der Waals surface area contributed by atoms with Crippen molar-refractivity contribution in [3.8, 4) is 11.3 Å². The topological polar surface area (TPSA) is 91.2 Å². The van der Waals surface area contributed by atoms with Crippen LogP contribution in [-0.4, -0.2) is 90.5 Å². The van der Waals surface area contributed by atoms with E-state index in [4.69, 9.17) is 28.9 Å². The number of ether oxygens (including phenoxy) is 2. The van der Waals surface area contributed by atoms with Crippen LogP contribution in [0.5, 0.6) is 0 Å². The van der Waals surface area contributed by atoms with Crippen molar-refractivity contribution in [1.82, 2.24) is 19.7 Å². The van der Waals surface area contributed by atoms with Gasteiger partial charge in [0.1, 0.15) is 23.8 Å². The third-order valence-corrected chi connectivity index (χ3v) is 10.5. The molecule has 0 unspecified atom stereocenters. The van der Waals surface area contributed by atoms with E-state index in [0.717, 1.165) is 39.5 Å². The van der Waals surface area contributed by atoms with E-state index in [9.17, 15) is 4.79 Å². The molecule has 2 aliphatic heterocycles. The maximum atomic E-state index is 12.6. The molecule has 0 spiro atoms. The minimum atomic E-state index is -1.21. The maximum absolute atomic E-state index is 12.6. The average molecular weight is 636 g/mol. The molecular weight excluding hydrogens is 585 g/mol. The molecule has 1 aromatic carbocycles. The van der Waals surface area contributed by atoms with Crippen LogP contribution >= 0.6 is 0 Å². The molecule has 45 heavy (non-hydrogen) atoms. The van der Waals surface area contributed by atoms with Gasteiger partial charge in [0.2, 0.25) is 0 Å². The molecule has 2 fully saturated rings. The van der Waals surface area contributed by atoms with Crippen molar-refractivity contribution in [1.29, 1.82) is 0 Å². The van der Waals surface area contributed by atoms with Crippen molar-refractivity contribution in [2.45, 2.75) is 97.7 Å². The third kappa shape index (κ3) is 7.73. The Morgan fingerprint density at radius 2 is 1.67 bits per heavy atom. The van der Waals surface area contributed by atoms with Crippen LogP contribution in [0, 0.1) is 0 Å². The highest BCUT2D eigenvalue weighted by molar-refractivity contribution is 6.76. The predicted molar refractivity (Wildman–Crippen MR) is 183 cm³/mol. The molecule has 4 heterocycles. The van der Waals surface area contributed by atoms with Gasteiger partial charge in [0.15, 0.2) is 0 Å². The summed E-state index contributed by atoms with van der Waals surface area (Å²) in [5.74, 6) is 0.854. The first kappa shape index (κ1) is 33.4. The summed E-state index contributed by atoms with van der Waals surface area (Å²) < 4.78 is 26.4. The van der Waals surface area contributed by atoms with Crippen LogP contribution in [0.3, 0.4) is 0 Å². The van der Waals surface area contributed by atoms with Gasteiger partial charge < -0.3 is 28.6 Å². The molecule has 10 nitrogen and oxygen atoms in total. The lowest BCUT2D eigenvalue weighted by Gasteiger charge is -2.36. The molecule has 3 aromatic rings. The average Bonchev–Trinajstić information content (AvgIpc) is 3.42. The number of anilines is 1. The number of hydrogen-bond donors (Lipinski definition) is 0. The Balaban J connectivity index is 1.42. The van der Waals surface area contributed by atoms with Crippen molar-refractivity contribution in [3.63, 3.8) is 0 Å². The van der Waals surface area contributed by atoms with E-state index in [1.165, 1.54) is 0 Å². The van der Waals surface area contributed by atoms with Gasteiger partial charge in [-0.25, -0.2) is 14.5 Å². The quantitative estimate of drug-likeness (QED) is 0.228. The van der Waals surface area contributed by atoms with Gasteiger partial charge in [-0.05, 0) is 78.2 Å². The monoisotopic (exact) mass is 635 g/mol. The highest BCUT2D eigenvalue weighted by Gasteiger charge is 2.51. The van der Waals surface area contributed by atoms with Crippen molar-refractivity contribution in [3.05, 3.63) is 36.5 Å². The molecule has 2 aromatic heterocycles. The van der Waals surface area contributed by atoms with Gasteiger partial charge >= 0.3 is 13.2 Å². The zero-order valence-corrected chi connectivity index (χ0v) is 29.8. The van der Waals surface area contributed by atoms with E-state index < -0.39 is 32.0 Å². The number of carbonyl (C=O) groups is 1. The van der Waals surface area contributed by atoms with E-state index >= 15 is 0 Å². The highest BCUT2D eigenvalue weighted by atomic mass is 28.3. The lowest BCUT2D eigenvalue weighted by Crippen LogP contribution is -2.50. The second kappa shape index (κ2) is 12.4. The number of benzene rings is 1. The summed E-state index contributed by atoms with van der Waals surface area (Å²) >= 11 is 0. The molecule has 2 saturated heterocycles. The van der Waals surface area contributed by atoms with E-state index in [1.54, 1.807) is 4.90 Å². The molecule has 0 radical (unpaired) electrons. The Morgan fingerprint density at radius 1 is 1.00 bits per heavy atom. The van der Waals surface area contributed by atoms with E-state index in [1.807, 2.05) is 37.7 Å². The first-order valence-corrected chi connectivity index (χ1v) is 19.8. The van der Waals surface area contributed by atoms with Gasteiger partial charge in [-0.1, -0.05) is 31.8 Å². The van der Waals surface area contributed by atoms with Crippen molar-refractivity contribution >= 4 is 43.5 Å². The van der Waals surface area contributed by atoms with Crippen LogP contribution in [-0.2, 0) is 25.5 Å². The normalized spacial score (nSPS) is 18.6. The second-order valence-electron chi connectivity index (χ2n) is 15.4. The summed E-state index contributed by atoms with van der Waals surface area (Å²) in [7, 11) is -1.68. The van der Waals surface area contributed by atoms with E-state index in [2.05, 4.69) is 76.5 Å². The van der Waals surface area contributed by atoms with Gasteiger partial charge in [0, 0.05) is 58.0 Å². The number of rotatable bonds is 8. The Kier molecular flexibility index (Phi) is 9.18. The minimum absolute atomic E-state index is 0.272. The Hall–Kier alpha value is -2.93. The summed E-state index contributed by atoms with van der Waals surface area (Å²) in [5, 5.41) is 6.08. The first-order chi connectivity index (χ1) is 20.9. The zero-order valence-electron chi connectivity index (χ0n) is 28.8. The van der Waals surface area contributed by atoms with Crippen LogP contribution in [0.4, 0.5) is 10.6 Å².